The maximum atomic E-state index is 12.7. The number of nitrogen functional groups attached to an aromatic ring is 1. The molecular formula is C22H24N4O5S2. The highest BCUT2D eigenvalue weighted by Crippen LogP contribution is 2.25. The van der Waals surface area contributed by atoms with Crippen molar-refractivity contribution in [1.82, 2.24) is 9.29 Å². The molecule has 0 radical (unpaired) electrons. The molecule has 0 aliphatic carbocycles. The van der Waals surface area contributed by atoms with Gasteiger partial charge < -0.3 is 15.8 Å². The topological polar surface area (TPSA) is 132 Å². The van der Waals surface area contributed by atoms with Gasteiger partial charge in [-0.3, -0.25) is 4.79 Å². The summed E-state index contributed by atoms with van der Waals surface area (Å²) in [6, 6.07) is 10.8. The highest BCUT2D eigenvalue weighted by Gasteiger charge is 2.26. The number of hydrogen-bond donors (Lipinski definition) is 2. The van der Waals surface area contributed by atoms with E-state index in [4.69, 9.17) is 10.5 Å². The van der Waals surface area contributed by atoms with Crippen molar-refractivity contribution < 1.29 is 22.7 Å². The van der Waals surface area contributed by atoms with Crippen molar-refractivity contribution >= 4 is 54.3 Å². The van der Waals surface area contributed by atoms with Crippen molar-refractivity contribution in [2.24, 2.45) is 0 Å². The molecule has 11 heteroatoms. The first kappa shape index (κ1) is 23.1. The Labute approximate surface area is 195 Å². The number of nitrogens with zero attached hydrogens (tertiary/aromatic N) is 2. The van der Waals surface area contributed by atoms with Crippen LogP contribution in [0.5, 0.6) is 0 Å². The Balaban J connectivity index is 1.37. The number of piperidine rings is 1. The fraction of sp³-hybridized carbons (Fsp3) is 0.318. The van der Waals surface area contributed by atoms with Crippen molar-refractivity contribution in [3.8, 4) is 0 Å². The molecule has 0 bridgehead atoms. The lowest BCUT2D eigenvalue weighted by Gasteiger charge is -2.25. The van der Waals surface area contributed by atoms with E-state index in [-0.39, 0.29) is 10.5 Å². The van der Waals surface area contributed by atoms with Crippen molar-refractivity contribution in [2.75, 3.05) is 24.1 Å². The molecule has 1 atom stereocenters. The predicted octanol–water partition coefficient (Wildman–Crippen LogP) is 3.24. The van der Waals surface area contributed by atoms with Gasteiger partial charge in [0.15, 0.2) is 11.2 Å². The second-order valence-electron chi connectivity index (χ2n) is 7.76. The lowest BCUT2D eigenvalue weighted by atomic mass is 10.2. The number of nitrogens with two attached hydrogens (primary N) is 1. The van der Waals surface area contributed by atoms with E-state index in [1.165, 1.54) is 46.8 Å². The van der Waals surface area contributed by atoms with Gasteiger partial charge in [0, 0.05) is 18.8 Å². The molecule has 33 heavy (non-hydrogen) atoms. The quantitative estimate of drug-likeness (QED) is 0.509. The third kappa shape index (κ3) is 5.15. The first-order valence-electron chi connectivity index (χ1n) is 10.5. The number of carbonyl (C=O) groups is 2. The number of amides is 1. The lowest BCUT2D eigenvalue weighted by molar-refractivity contribution is -0.123. The summed E-state index contributed by atoms with van der Waals surface area (Å²) in [4.78, 5) is 29.3. The average Bonchev–Trinajstić information content (AvgIpc) is 3.19. The number of fused-ring (bicyclic) bond motifs is 1. The first-order chi connectivity index (χ1) is 15.7. The number of anilines is 2. The smallest absolute Gasteiger partial charge is 0.338 e. The van der Waals surface area contributed by atoms with Gasteiger partial charge in [0.25, 0.3) is 5.91 Å². The van der Waals surface area contributed by atoms with Gasteiger partial charge in [-0.15, -0.1) is 0 Å². The van der Waals surface area contributed by atoms with E-state index < -0.39 is 28.0 Å². The van der Waals surface area contributed by atoms with E-state index in [0.717, 1.165) is 24.0 Å². The van der Waals surface area contributed by atoms with Crippen LogP contribution in [0.15, 0.2) is 47.4 Å². The fourth-order valence-corrected chi connectivity index (χ4v) is 5.85. The molecule has 1 saturated heterocycles. The Morgan fingerprint density at radius 1 is 1.12 bits per heavy atom. The number of hydrogen-bond acceptors (Lipinski definition) is 8. The lowest BCUT2D eigenvalue weighted by Crippen LogP contribution is -2.35. The van der Waals surface area contributed by atoms with Crippen LogP contribution >= 0.6 is 11.3 Å². The van der Waals surface area contributed by atoms with E-state index in [0.29, 0.717) is 29.4 Å². The van der Waals surface area contributed by atoms with Crippen molar-refractivity contribution in [1.29, 1.82) is 0 Å². The van der Waals surface area contributed by atoms with Crippen molar-refractivity contribution in [3.63, 3.8) is 0 Å². The Bertz CT molecular complexity index is 1280. The summed E-state index contributed by atoms with van der Waals surface area (Å²) in [5.74, 6) is -1.17. The maximum Gasteiger partial charge on any atom is 0.338 e. The van der Waals surface area contributed by atoms with Crippen LogP contribution in [0.4, 0.5) is 10.8 Å². The molecule has 1 unspecified atom stereocenters. The number of carbonyl (C=O) groups excluding carboxylic acids is 2. The summed E-state index contributed by atoms with van der Waals surface area (Å²) in [5, 5.41) is 3.04. The zero-order valence-electron chi connectivity index (χ0n) is 18.0. The van der Waals surface area contributed by atoms with Crippen LogP contribution in [-0.4, -0.2) is 48.8 Å². The Hall–Kier alpha value is -3.02. The second kappa shape index (κ2) is 9.46. The van der Waals surface area contributed by atoms with E-state index in [1.54, 1.807) is 18.2 Å². The van der Waals surface area contributed by atoms with Gasteiger partial charge in [0.1, 0.15) is 0 Å². The molecule has 2 heterocycles. The van der Waals surface area contributed by atoms with Crippen LogP contribution in [-0.2, 0) is 19.6 Å². The molecule has 174 valence electrons. The fourth-order valence-electron chi connectivity index (χ4n) is 3.56. The zero-order chi connectivity index (χ0) is 23.6. The summed E-state index contributed by atoms with van der Waals surface area (Å²) in [7, 11) is -3.54. The van der Waals surface area contributed by atoms with E-state index in [9.17, 15) is 18.0 Å². The Morgan fingerprint density at radius 2 is 1.82 bits per heavy atom. The molecule has 1 aromatic heterocycles. The molecule has 1 fully saturated rings. The second-order valence-corrected chi connectivity index (χ2v) is 10.8. The molecule has 3 N–H and O–H groups in total. The summed E-state index contributed by atoms with van der Waals surface area (Å²) in [6.07, 6.45) is 1.69. The van der Waals surface area contributed by atoms with Gasteiger partial charge in [0.2, 0.25) is 10.0 Å². The van der Waals surface area contributed by atoms with Crippen LogP contribution in [0.2, 0.25) is 0 Å². The minimum Gasteiger partial charge on any atom is -0.449 e. The number of ether oxygens (including phenoxy) is 1. The number of benzene rings is 2. The average molecular weight is 489 g/mol. The molecule has 4 rings (SSSR count). The molecule has 2 aromatic carbocycles. The van der Waals surface area contributed by atoms with E-state index in [1.807, 2.05) is 0 Å². The van der Waals surface area contributed by atoms with E-state index in [2.05, 4.69) is 10.3 Å². The third-order valence-corrected chi connectivity index (χ3v) is 8.13. The number of rotatable bonds is 6. The molecular weight excluding hydrogens is 464 g/mol. The van der Waals surface area contributed by atoms with Gasteiger partial charge in [-0.1, -0.05) is 17.8 Å². The minimum atomic E-state index is -3.54. The van der Waals surface area contributed by atoms with Gasteiger partial charge in [-0.25, -0.2) is 18.2 Å². The van der Waals surface area contributed by atoms with Gasteiger partial charge in [-0.05, 0) is 62.2 Å². The summed E-state index contributed by atoms with van der Waals surface area (Å²) >= 11 is 1.26. The van der Waals surface area contributed by atoms with Crippen molar-refractivity contribution in [3.05, 3.63) is 48.0 Å². The van der Waals surface area contributed by atoms with Crippen LogP contribution in [0.1, 0.15) is 36.5 Å². The van der Waals surface area contributed by atoms with Gasteiger partial charge in [-0.2, -0.15) is 4.31 Å². The number of thiazole rings is 1. The number of aromatic nitrogens is 1. The SMILES string of the molecule is CC(OC(=O)c1ccc2nc(N)sc2c1)C(=O)Nc1ccc(S(=O)(=O)N2CCCCC2)cc1. The standard InChI is InChI=1S/C22H24N4O5S2/c1-14(31-21(28)15-5-10-18-19(13-15)32-22(23)25-18)20(27)24-16-6-8-17(9-7-16)33(29,30)26-11-3-2-4-12-26/h5-10,13-14H,2-4,11-12H2,1H3,(H2,23,25)(H,24,27). The Morgan fingerprint density at radius 3 is 2.52 bits per heavy atom. The van der Waals surface area contributed by atoms with Crippen LogP contribution in [0, 0.1) is 0 Å². The molecule has 1 amide bonds. The molecule has 1 aliphatic heterocycles. The van der Waals surface area contributed by atoms with Crippen LogP contribution in [0.3, 0.4) is 0 Å². The van der Waals surface area contributed by atoms with Crippen LogP contribution < -0.4 is 11.1 Å². The largest absolute Gasteiger partial charge is 0.449 e. The first-order valence-corrected chi connectivity index (χ1v) is 12.8. The normalized spacial score (nSPS) is 15.8. The summed E-state index contributed by atoms with van der Waals surface area (Å²) in [6.45, 7) is 2.51. The molecule has 1 aliphatic rings. The number of sulfonamides is 1. The zero-order valence-corrected chi connectivity index (χ0v) is 19.6. The molecule has 0 saturated carbocycles. The summed E-state index contributed by atoms with van der Waals surface area (Å²) < 4.78 is 33.0. The molecule has 3 aromatic rings. The summed E-state index contributed by atoms with van der Waals surface area (Å²) in [5.41, 5.74) is 7.06. The maximum absolute atomic E-state index is 12.7. The number of esters is 1. The minimum absolute atomic E-state index is 0.181. The highest BCUT2D eigenvalue weighted by molar-refractivity contribution is 7.89. The number of nitrogens with one attached hydrogen (secondary N) is 1. The Kier molecular flexibility index (Phi) is 6.63. The molecule has 9 nitrogen and oxygen atoms in total. The monoisotopic (exact) mass is 488 g/mol. The highest BCUT2D eigenvalue weighted by atomic mass is 32.2. The van der Waals surface area contributed by atoms with Crippen LogP contribution in [0.25, 0.3) is 10.2 Å². The van der Waals surface area contributed by atoms with Crippen molar-refractivity contribution in [2.45, 2.75) is 37.2 Å². The predicted molar refractivity (Wildman–Crippen MR) is 127 cm³/mol. The molecule has 0 spiro atoms. The van der Waals surface area contributed by atoms with E-state index >= 15 is 0 Å². The van der Waals surface area contributed by atoms with Gasteiger partial charge in [0.05, 0.1) is 20.7 Å². The van der Waals surface area contributed by atoms with Gasteiger partial charge >= 0.3 is 5.97 Å². The third-order valence-electron chi connectivity index (χ3n) is 5.37.